The van der Waals surface area contributed by atoms with E-state index in [1.165, 1.54) is 0 Å². The molecule has 82 valence electrons. The number of nitrogens with zero attached hydrogens (tertiary/aromatic N) is 1. The Labute approximate surface area is 85.4 Å². The maximum atomic E-state index is 11.6. The average Bonchev–Trinajstić information content (AvgIpc) is 2.65. The first-order valence-corrected chi connectivity index (χ1v) is 5.20. The Kier molecular flexibility index (Phi) is 4.35. The number of rotatable bonds is 4. The number of amides is 1. The van der Waals surface area contributed by atoms with Crippen molar-refractivity contribution in [1.82, 2.24) is 4.90 Å². The van der Waals surface area contributed by atoms with Crippen LogP contribution in [0.3, 0.4) is 0 Å². The molecule has 0 aromatic rings. The molecule has 1 rings (SSSR count). The van der Waals surface area contributed by atoms with E-state index in [0.29, 0.717) is 13.0 Å². The molecule has 14 heavy (non-hydrogen) atoms. The second-order valence-corrected chi connectivity index (χ2v) is 4.04. The fourth-order valence-electron chi connectivity index (χ4n) is 1.56. The largest absolute Gasteiger partial charge is 0.379 e. The predicted octanol–water partition coefficient (Wildman–Crippen LogP) is 0.361. The lowest BCUT2D eigenvalue weighted by Crippen LogP contribution is -2.37. The topological polar surface area (TPSA) is 55.6 Å². The lowest BCUT2D eigenvalue weighted by Gasteiger charge is -2.23. The minimum absolute atomic E-state index is 0.104. The first kappa shape index (κ1) is 11.5. The monoisotopic (exact) mass is 200 g/mol. The van der Waals surface area contributed by atoms with Crippen LogP contribution in [0.25, 0.3) is 0 Å². The van der Waals surface area contributed by atoms with Crippen molar-refractivity contribution in [3.05, 3.63) is 0 Å². The first-order valence-electron chi connectivity index (χ1n) is 5.20. The fraction of sp³-hybridized carbons (Fsp3) is 0.900. The van der Waals surface area contributed by atoms with E-state index in [4.69, 9.17) is 10.5 Å². The molecule has 0 saturated carbocycles. The number of hydrogen-bond donors (Lipinski definition) is 1. The minimum atomic E-state index is 0.104. The molecule has 4 nitrogen and oxygen atoms in total. The molecule has 1 amide bonds. The number of hydrogen-bond acceptors (Lipinski definition) is 3. The van der Waals surface area contributed by atoms with Gasteiger partial charge in [-0.1, -0.05) is 0 Å². The van der Waals surface area contributed by atoms with Gasteiger partial charge in [0.15, 0.2) is 0 Å². The average molecular weight is 200 g/mol. The second-order valence-electron chi connectivity index (χ2n) is 4.04. The third-order valence-corrected chi connectivity index (χ3v) is 2.66. The molecule has 1 saturated heterocycles. The van der Waals surface area contributed by atoms with Gasteiger partial charge >= 0.3 is 0 Å². The molecule has 0 aromatic carbocycles. The summed E-state index contributed by atoms with van der Waals surface area (Å²) in [6.07, 6.45) is 2.27. The summed E-state index contributed by atoms with van der Waals surface area (Å²) in [4.78, 5) is 13.5. The zero-order chi connectivity index (χ0) is 10.6. The molecule has 1 aliphatic heterocycles. The summed E-state index contributed by atoms with van der Waals surface area (Å²) < 4.78 is 5.24. The summed E-state index contributed by atoms with van der Waals surface area (Å²) in [5, 5.41) is 0. The fourth-order valence-corrected chi connectivity index (χ4v) is 1.56. The summed E-state index contributed by atoms with van der Waals surface area (Å²) in [5.74, 6) is 0.179. The Morgan fingerprint density at radius 2 is 2.43 bits per heavy atom. The van der Waals surface area contributed by atoms with Crippen LogP contribution >= 0.6 is 0 Å². The van der Waals surface area contributed by atoms with Gasteiger partial charge in [-0.25, -0.2) is 0 Å². The van der Waals surface area contributed by atoms with Gasteiger partial charge < -0.3 is 15.4 Å². The summed E-state index contributed by atoms with van der Waals surface area (Å²) in [6.45, 7) is 3.38. The van der Waals surface area contributed by atoms with Crippen LogP contribution in [0.15, 0.2) is 0 Å². The van der Waals surface area contributed by atoms with E-state index in [2.05, 4.69) is 0 Å². The lowest BCUT2D eigenvalue weighted by atomic mass is 10.1. The van der Waals surface area contributed by atoms with E-state index in [9.17, 15) is 4.79 Å². The number of carbonyl (C=O) groups excluding carboxylic acids is 1. The lowest BCUT2D eigenvalue weighted by molar-refractivity contribution is -0.132. The number of ether oxygens (including phenoxy) is 1. The minimum Gasteiger partial charge on any atom is -0.379 e. The van der Waals surface area contributed by atoms with Crippen molar-refractivity contribution in [3.8, 4) is 0 Å². The molecule has 2 atom stereocenters. The Morgan fingerprint density at radius 3 is 2.93 bits per heavy atom. The van der Waals surface area contributed by atoms with Crippen LogP contribution in [0, 0.1) is 0 Å². The van der Waals surface area contributed by atoms with E-state index in [1.807, 2.05) is 14.0 Å². The van der Waals surface area contributed by atoms with Crippen molar-refractivity contribution in [3.63, 3.8) is 0 Å². The SMILES string of the molecule is CC(N)CCC(=O)N(C)C1CCOC1. The van der Waals surface area contributed by atoms with Crippen LogP contribution in [0.4, 0.5) is 0 Å². The van der Waals surface area contributed by atoms with Crippen molar-refractivity contribution in [2.75, 3.05) is 20.3 Å². The van der Waals surface area contributed by atoms with Crippen LogP contribution < -0.4 is 5.73 Å². The Hall–Kier alpha value is -0.610. The molecule has 2 unspecified atom stereocenters. The van der Waals surface area contributed by atoms with Gasteiger partial charge in [-0.15, -0.1) is 0 Å². The zero-order valence-corrected chi connectivity index (χ0v) is 9.03. The van der Waals surface area contributed by atoms with E-state index in [0.717, 1.165) is 19.4 Å². The van der Waals surface area contributed by atoms with Gasteiger partial charge in [0, 0.05) is 26.1 Å². The van der Waals surface area contributed by atoms with Gasteiger partial charge in [0.2, 0.25) is 5.91 Å². The van der Waals surface area contributed by atoms with E-state index in [-0.39, 0.29) is 18.0 Å². The standard InChI is InChI=1S/C10H20N2O2/c1-8(11)3-4-10(13)12(2)9-5-6-14-7-9/h8-9H,3-7,11H2,1-2H3. The molecule has 0 bridgehead atoms. The highest BCUT2D eigenvalue weighted by Crippen LogP contribution is 2.12. The molecule has 0 spiro atoms. The maximum Gasteiger partial charge on any atom is 0.222 e. The van der Waals surface area contributed by atoms with Gasteiger partial charge in [-0.05, 0) is 19.8 Å². The highest BCUT2D eigenvalue weighted by molar-refractivity contribution is 5.76. The van der Waals surface area contributed by atoms with E-state index < -0.39 is 0 Å². The Morgan fingerprint density at radius 1 is 1.71 bits per heavy atom. The van der Waals surface area contributed by atoms with Gasteiger partial charge in [0.05, 0.1) is 12.6 Å². The summed E-state index contributed by atoms with van der Waals surface area (Å²) in [6, 6.07) is 0.378. The number of carbonyl (C=O) groups is 1. The van der Waals surface area contributed by atoms with Crippen molar-refractivity contribution >= 4 is 5.91 Å². The van der Waals surface area contributed by atoms with Crippen molar-refractivity contribution < 1.29 is 9.53 Å². The predicted molar refractivity (Wildman–Crippen MR) is 54.9 cm³/mol. The summed E-state index contributed by atoms with van der Waals surface area (Å²) >= 11 is 0. The van der Waals surface area contributed by atoms with Crippen molar-refractivity contribution in [2.45, 2.75) is 38.3 Å². The molecule has 1 heterocycles. The molecule has 0 aliphatic carbocycles. The number of nitrogens with two attached hydrogens (primary N) is 1. The quantitative estimate of drug-likeness (QED) is 0.713. The normalized spacial score (nSPS) is 23.5. The molecule has 0 radical (unpaired) electrons. The molecule has 4 heteroatoms. The van der Waals surface area contributed by atoms with Crippen LogP contribution in [0.1, 0.15) is 26.2 Å². The van der Waals surface area contributed by atoms with E-state index >= 15 is 0 Å². The molecule has 0 aromatic heterocycles. The van der Waals surface area contributed by atoms with Crippen molar-refractivity contribution in [2.24, 2.45) is 5.73 Å². The Balaban J connectivity index is 2.28. The highest BCUT2D eigenvalue weighted by Gasteiger charge is 2.23. The smallest absolute Gasteiger partial charge is 0.222 e. The van der Waals surface area contributed by atoms with Crippen LogP contribution in [0.5, 0.6) is 0 Å². The summed E-state index contributed by atoms with van der Waals surface area (Å²) in [7, 11) is 1.85. The summed E-state index contributed by atoms with van der Waals surface area (Å²) in [5.41, 5.74) is 5.60. The van der Waals surface area contributed by atoms with Crippen molar-refractivity contribution in [1.29, 1.82) is 0 Å². The third kappa shape index (κ3) is 3.27. The van der Waals surface area contributed by atoms with Gasteiger partial charge in [0.25, 0.3) is 0 Å². The van der Waals surface area contributed by atoms with Gasteiger partial charge in [-0.2, -0.15) is 0 Å². The molecular formula is C10H20N2O2. The molecule has 1 aliphatic rings. The maximum absolute atomic E-state index is 11.6. The van der Waals surface area contributed by atoms with Crippen LogP contribution in [-0.2, 0) is 9.53 Å². The van der Waals surface area contributed by atoms with Gasteiger partial charge in [-0.3, -0.25) is 4.79 Å². The van der Waals surface area contributed by atoms with Crippen LogP contribution in [-0.4, -0.2) is 43.2 Å². The first-order chi connectivity index (χ1) is 6.61. The molecule has 1 fully saturated rings. The van der Waals surface area contributed by atoms with E-state index in [1.54, 1.807) is 4.90 Å². The highest BCUT2D eigenvalue weighted by atomic mass is 16.5. The second kappa shape index (κ2) is 5.32. The van der Waals surface area contributed by atoms with Crippen LogP contribution in [0.2, 0.25) is 0 Å². The molecular weight excluding hydrogens is 180 g/mol. The third-order valence-electron chi connectivity index (χ3n) is 2.66. The van der Waals surface area contributed by atoms with Gasteiger partial charge in [0.1, 0.15) is 0 Å². The Bertz CT molecular complexity index is 189. The molecule has 2 N–H and O–H groups in total. The number of likely N-dealkylation sites (N-methyl/N-ethyl adjacent to an activating group) is 1. The zero-order valence-electron chi connectivity index (χ0n) is 9.03.